The van der Waals surface area contributed by atoms with Gasteiger partial charge in [0.25, 0.3) is 5.91 Å². The third-order valence-electron chi connectivity index (χ3n) is 7.46. The summed E-state index contributed by atoms with van der Waals surface area (Å²) in [6, 6.07) is 24.6. The lowest BCUT2D eigenvalue weighted by atomic mass is 9.96. The molecule has 0 radical (unpaired) electrons. The molecule has 2 N–H and O–H groups in total. The summed E-state index contributed by atoms with van der Waals surface area (Å²) >= 11 is 2.91. The minimum atomic E-state index is -0.594. The van der Waals surface area contributed by atoms with Crippen LogP contribution in [0.2, 0.25) is 0 Å². The molecule has 1 aromatic heterocycles. The normalized spacial score (nSPS) is 13.6. The molecule has 0 bridgehead atoms. The van der Waals surface area contributed by atoms with E-state index in [0.717, 1.165) is 53.7 Å². The molecule has 43 heavy (non-hydrogen) atoms. The number of ether oxygens (including phenoxy) is 1. The summed E-state index contributed by atoms with van der Waals surface area (Å²) in [5.41, 5.74) is 4.54. The Kier molecular flexibility index (Phi) is 10.3. The predicted octanol–water partition coefficient (Wildman–Crippen LogP) is 8.62. The minimum Gasteiger partial charge on any atom is -0.462 e. The largest absolute Gasteiger partial charge is 0.462 e. The number of amides is 2. The summed E-state index contributed by atoms with van der Waals surface area (Å²) in [6.07, 6.45) is 6.11. The van der Waals surface area contributed by atoms with Gasteiger partial charge in [-0.15, -0.1) is 23.1 Å². The van der Waals surface area contributed by atoms with Crippen LogP contribution in [0, 0.1) is 6.92 Å². The average Bonchev–Trinajstić information content (AvgIpc) is 3.32. The van der Waals surface area contributed by atoms with Crippen LogP contribution >= 0.6 is 23.1 Å². The highest BCUT2D eigenvalue weighted by atomic mass is 32.2. The monoisotopic (exact) mass is 612 g/mol. The second kappa shape index (κ2) is 14.5. The molecule has 0 spiro atoms. The Bertz CT molecular complexity index is 1600. The number of nitrogens with one attached hydrogen (secondary N) is 2. The molecular weight excluding hydrogens is 577 g/mol. The Balaban J connectivity index is 1.42. The topological polar surface area (TPSA) is 84.5 Å². The second-order valence-electron chi connectivity index (χ2n) is 10.5. The molecule has 0 aliphatic heterocycles. The number of anilines is 2. The third kappa shape index (κ3) is 7.56. The molecule has 1 aliphatic rings. The Morgan fingerprint density at radius 1 is 0.884 bits per heavy atom. The molecule has 0 saturated heterocycles. The zero-order valence-electron chi connectivity index (χ0n) is 24.5. The summed E-state index contributed by atoms with van der Waals surface area (Å²) in [5, 5.41) is 6.09. The van der Waals surface area contributed by atoms with Crippen molar-refractivity contribution in [1.82, 2.24) is 0 Å². The summed E-state index contributed by atoms with van der Waals surface area (Å²) in [7, 11) is 0. The highest BCUT2D eigenvalue weighted by Gasteiger charge is 2.29. The Labute approximate surface area is 261 Å². The maximum Gasteiger partial charge on any atom is 0.341 e. The molecule has 4 aromatic rings. The number of benzene rings is 3. The number of aryl methyl sites for hydroxylation is 2. The van der Waals surface area contributed by atoms with Crippen LogP contribution in [-0.2, 0) is 22.4 Å². The standard InChI is InChI=1S/C35H36N2O4S2/c1-3-41-35(40)30-28-20-9-4-5-10-21-29(28)43-34(30)37-33(39)31(24-15-7-6-8-16-24)42-26-18-13-17-25(22-26)36-32(38)27-19-12-11-14-23(27)2/h6-8,11-19,22,31H,3-5,9-10,20-21H2,1-2H3,(H,36,38)(H,37,39). The first-order valence-corrected chi connectivity index (χ1v) is 16.5. The van der Waals surface area contributed by atoms with Gasteiger partial charge in [0.2, 0.25) is 5.91 Å². The van der Waals surface area contributed by atoms with Gasteiger partial charge in [-0.3, -0.25) is 9.59 Å². The second-order valence-corrected chi connectivity index (χ2v) is 12.8. The molecular formula is C35H36N2O4S2. The van der Waals surface area contributed by atoms with Gasteiger partial charge in [-0.1, -0.05) is 67.4 Å². The number of esters is 1. The number of carbonyl (C=O) groups excluding carboxylic acids is 3. The predicted molar refractivity (Wildman–Crippen MR) is 175 cm³/mol. The molecule has 1 atom stereocenters. The van der Waals surface area contributed by atoms with Crippen LogP contribution in [0.1, 0.15) is 80.1 Å². The molecule has 3 aromatic carbocycles. The van der Waals surface area contributed by atoms with Crippen LogP contribution in [0.5, 0.6) is 0 Å². The van der Waals surface area contributed by atoms with Crippen molar-refractivity contribution in [2.75, 3.05) is 17.2 Å². The van der Waals surface area contributed by atoms with Crippen LogP contribution in [0.4, 0.5) is 10.7 Å². The maximum absolute atomic E-state index is 14.0. The van der Waals surface area contributed by atoms with E-state index in [4.69, 9.17) is 4.74 Å². The van der Waals surface area contributed by atoms with Crippen molar-refractivity contribution in [2.24, 2.45) is 0 Å². The minimum absolute atomic E-state index is 0.183. The Hall–Kier alpha value is -3.88. The fraction of sp³-hybridized carbons (Fsp3) is 0.286. The van der Waals surface area contributed by atoms with Crippen molar-refractivity contribution >= 4 is 51.6 Å². The lowest BCUT2D eigenvalue weighted by Gasteiger charge is -2.18. The van der Waals surface area contributed by atoms with E-state index in [0.29, 0.717) is 21.8 Å². The smallest absolute Gasteiger partial charge is 0.341 e. The number of carbonyl (C=O) groups is 3. The summed E-state index contributed by atoms with van der Waals surface area (Å²) in [5.74, 6) is -0.778. The molecule has 8 heteroatoms. The molecule has 0 fully saturated rings. The first-order valence-electron chi connectivity index (χ1n) is 14.8. The van der Waals surface area contributed by atoms with Gasteiger partial charge >= 0.3 is 5.97 Å². The van der Waals surface area contributed by atoms with Gasteiger partial charge in [0.15, 0.2) is 0 Å². The number of rotatable bonds is 9. The van der Waals surface area contributed by atoms with Gasteiger partial charge in [-0.05, 0) is 80.5 Å². The molecule has 1 heterocycles. The van der Waals surface area contributed by atoms with Gasteiger partial charge in [0, 0.05) is 21.0 Å². The van der Waals surface area contributed by atoms with Crippen LogP contribution in [0.25, 0.3) is 0 Å². The zero-order valence-corrected chi connectivity index (χ0v) is 26.1. The lowest BCUT2D eigenvalue weighted by molar-refractivity contribution is -0.115. The van der Waals surface area contributed by atoms with E-state index >= 15 is 0 Å². The van der Waals surface area contributed by atoms with Crippen molar-refractivity contribution in [2.45, 2.75) is 62.5 Å². The van der Waals surface area contributed by atoms with Crippen molar-refractivity contribution in [3.8, 4) is 0 Å². The first-order chi connectivity index (χ1) is 20.9. The highest BCUT2D eigenvalue weighted by Crippen LogP contribution is 2.41. The molecule has 2 amide bonds. The number of thioether (sulfide) groups is 1. The van der Waals surface area contributed by atoms with E-state index in [9.17, 15) is 14.4 Å². The van der Waals surface area contributed by atoms with Gasteiger partial charge in [-0.2, -0.15) is 0 Å². The quantitative estimate of drug-likeness (QED) is 0.146. The summed E-state index contributed by atoms with van der Waals surface area (Å²) in [4.78, 5) is 42.1. The van der Waals surface area contributed by atoms with Crippen molar-refractivity contribution in [3.63, 3.8) is 0 Å². The van der Waals surface area contributed by atoms with E-state index in [1.54, 1.807) is 13.0 Å². The van der Waals surface area contributed by atoms with Crippen LogP contribution in [0.3, 0.4) is 0 Å². The van der Waals surface area contributed by atoms with Crippen LogP contribution in [-0.4, -0.2) is 24.4 Å². The van der Waals surface area contributed by atoms with Crippen molar-refractivity contribution < 1.29 is 19.1 Å². The van der Waals surface area contributed by atoms with Crippen molar-refractivity contribution in [3.05, 3.63) is 112 Å². The maximum atomic E-state index is 14.0. The summed E-state index contributed by atoms with van der Waals surface area (Å²) < 4.78 is 5.45. The van der Waals surface area contributed by atoms with E-state index in [1.807, 2.05) is 79.7 Å². The first kappa shape index (κ1) is 30.6. The van der Waals surface area contributed by atoms with E-state index < -0.39 is 5.25 Å². The number of hydrogen-bond acceptors (Lipinski definition) is 6. The van der Waals surface area contributed by atoms with E-state index in [-0.39, 0.29) is 24.4 Å². The Morgan fingerprint density at radius 3 is 2.40 bits per heavy atom. The molecule has 1 unspecified atom stereocenters. The third-order valence-corrected chi connectivity index (χ3v) is 9.92. The van der Waals surface area contributed by atoms with Gasteiger partial charge in [-0.25, -0.2) is 4.79 Å². The van der Waals surface area contributed by atoms with Crippen LogP contribution < -0.4 is 10.6 Å². The van der Waals surface area contributed by atoms with E-state index in [1.165, 1.54) is 34.4 Å². The zero-order chi connectivity index (χ0) is 30.2. The Morgan fingerprint density at radius 2 is 1.63 bits per heavy atom. The molecule has 5 rings (SSSR count). The van der Waals surface area contributed by atoms with E-state index in [2.05, 4.69) is 10.6 Å². The molecule has 6 nitrogen and oxygen atoms in total. The lowest BCUT2D eigenvalue weighted by Crippen LogP contribution is -2.20. The van der Waals surface area contributed by atoms with Crippen LogP contribution in [0.15, 0.2) is 83.8 Å². The highest BCUT2D eigenvalue weighted by molar-refractivity contribution is 8.00. The number of thiophene rings is 1. The fourth-order valence-corrected chi connectivity index (χ4v) is 7.68. The molecule has 222 valence electrons. The van der Waals surface area contributed by atoms with Crippen molar-refractivity contribution in [1.29, 1.82) is 0 Å². The molecule has 1 aliphatic carbocycles. The number of fused-ring (bicyclic) bond motifs is 1. The van der Waals surface area contributed by atoms with Gasteiger partial charge in [0.1, 0.15) is 10.3 Å². The number of hydrogen-bond donors (Lipinski definition) is 2. The fourth-order valence-electron chi connectivity index (χ4n) is 5.31. The summed E-state index contributed by atoms with van der Waals surface area (Å²) in [6.45, 7) is 3.98. The van der Waals surface area contributed by atoms with Gasteiger partial charge in [0.05, 0.1) is 12.2 Å². The van der Waals surface area contributed by atoms with Gasteiger partial charge < -0.3 is 15.4 Å². The SMILES string of the molecule is CCOC(=O)c1c(NC(=O)C(Sc2cccc(NC(=O)c3ccccc3C)c2)c2ccccc2)sc2c1CCCCCC2. The average molecular weight is 613 g/mol. The molecule has 0 saturated carbocycles.